The van der Waals surface area contributed by atoms with Crippen LogP contribution in [0, 0.1) is 0 Å². The van der Waals surface area contributed by atoms with Crippen LogP contribution in [-0.2, 0) is 4.79 Å². The number of benzene rings is 1. The van der Waals surface area contributed by atoms with Crippen LogP contribution in [-0.4, -0.2) is 27.3 Å². The van der Waals surface area contributed by atoms with Gasteiger partial charge < -0.3 is 5.32 Å². The van der Waals surface area contributed by atoms with Gasteiger partial charge in [0.05, 0.1) is 16.7 Å². The molecule has 2 saturated carbocycles. The molecule has 2 aromatic rings. The molecule has 6 heteroatoms. The van der Waals surface area contributed by atoms with Gasteiger partial charge in [0.25, 0.3) is 5.56 Å². The fraction of sp³-hybridized carbons (Fsp3) is 0.609. The van der Waals surface area contributed by atoms with Crippen molar-refractivity contribution in [2.45, 2.75) is 87.9 Å². The Labute approximate surface area is 176 Å². The van der Waals surface area contributed by atoms with Crippen LogP contribution in [0.5, 0.6) is 0 Å². The van der Waals surface area contributed by atoms with Crippen molar-refractivity contribution in [3.05, 3.63) is 34.6 Å². The maximum atomic E-state index is 13.2. The SMILES string of the molecule is O=C(CSc1nc2ccccc2c(=O)n1C1CCCC1)NC1CCCCCCC1. The number of nitrogens with one attached hydrogen (secondary N) is 1. The molecular weight excluding hydrogens is 382 g/mol. The summed E-state index contributed by atoms with van der Waals surface area (Å²) < 4.78 is 1.86. The summed E-state index contributed by atoms with van der Waals surface area (Å²) in [6.07, 6.45) is 12.8. The second-order valence-corrected chi connectivity index (χ2v) is 9.37. The molecule has 0 unspecified atom stereocenters. The fourth-order valence-corrected chi connectivity index (χ4v) is 5.59. The van der Waals surface area contributed by atoms with Crippen molar-refractivity contribution in [2.75, 3.05) is 5.75 Å². The summed E-state index contributed by atoms with van der Waals surface area (Å²) in [4.78, 5) is 30.6. The van der Waals surface area contributed by atoms with Crippen LogP contribution < -0.4 is 10.9 Å². The Balaban J connectivity index is 1.50. The number of rotatable bonds is 5. The van der Waals surface area contributed by atoms with E-state index in [4.69, 9.17) is 4.98 Å². The van der Waals surface area contributed by atoms with E-state index in [-0.39, 0.29) is 17.5 Å². The lowest BCUT2D eigenvalue weighted by molar-refractivity contribution is -0.119. The van der Waals surface area contributed by atoms with Gasteiger partial charge in [-0.3, -0.25) is 14.2 Å². The average Bonchev–Trinajstić information content (AvgIpc) is 3.23. The Bertz CT molecular complexity index is 897. The Hall–Kier alpha value is -1.82. The first kappa shape index (κ1) is 20.5. The van der Waals surface area contributed by atoms with Gasteiger partial charge in [-0.1, -0.05) is 68.8 Å². The van der Waals surface area contributed by atoms with Crippen LogP contribution in [0.1, 0.15) is 76.7 Å². The number of carbonyl (C=O) groups excluding carboxylic acids is 1. The zero-order chi connectivity index (χ0) is 20.1. The Kier molecular flexibility index (Phi) is 6.90. The number of nitrogens with zero attached hydrogens (tertiary/aromatic N) is 2. The van der Waals surface area contributed by atoms with Crippen molar-refractivity contribution in [2.24, 2.45) is 0 Å². The minimum Gasteiger partial charge on any atom is -0.353 e. The second-order valence-electron chi connectivity index (χ2n) is 8.42. The summed E-state index contributed by atoms with van der Waals surface area (Å²) in [7, 11) is 0. The maximum Gasteiger partial charge on any atom is 0.262 e. The maximum absolute atomic E-state index is 13.2. The average molecular weight is 414 g/mol. The quantitative estimate of drug-likeness (QED) is 0.563. The molecule has 1 heterocycles. The lowest BCUT2D eigenvalue weighted by Gasteiger charge is -2.21. The van der Waals surface area contributed by atoms with E-state index in [0.29, 0.717) is 22.3 Å². The molecule has 1 amide bonds. The van der Waals surface area contributed by atoms with E-state index in [0.717, 1.165) is 44.0 Å². The van der Waals surface area contributed by atoms with Gasteiger partial charge in [0.1, 0.15) is 0 Å². The molecule has 2 aliphatic carbocycles. The molecule has 2 aliphatic rings. The first-order valence-electron chi connectivity index (χ1n) is 11.2. The third kappa shape index (κ3) is 5.03. The third-order valence-corrected chi connectivity index (χ3v) is 7.22. The second kappa shape index (κ2) is 9.79. The van der Waals surface area contributed by atoms with Crippen molar-refractivity contribution >= 4 is 28.6 Å². The highest BCUT2D eigenvalue weighted by atomic mass is 32.2. The van der Waals surface area contributed by atoms with Gasteiger partial charge in [0.2, 0.25) is 5.91 Å². The van der Waals surface area contributed by atoms with Gasteiger partial charge in [-0.15, -0.1) is 0 Å². The van der Waals surface area contributed by atoms with Crippen LogP contribution in [0.3, 0.4) is 0 Å². The van der Waals surface area contributed by atoms with Crippen LogP contribution in [0.15, 0.2) is 34.2 Å². The monoisotopic (exact) mass is 413 g/mol. The first-order valence-corrected chi connectivity index (χ1v) is 12.1. The van der Waals surface area contributed by atoms with Crippen LogP contribution in [0.2, 0.25) is 0 Å². The molecule has 1 N–H and O–H groups in total. The number of hydrogen-bond acceptors (Lipinski definition) is 4. The van der Waals surface area contributed by atoms with E-state index in [1.165, 1.54) is 43.9 Å². The standard InChI is InChI=1S/C23H31N3O2S/c27-21(24-17-10-4-2-1-3-5-11-17)16-29-23-25-20-15-9-8-14-19(20)22(28)26(23)18-12-6-7-13-18/h8-9,14-15,17-18H,1-7,10-13,16H2,(H,24,27). The number of hydrogen-bond donors (Lipinski definition) is 1. The van der Waals surface area contributed by atoms with Crippen LogP contribution >= 0.6 is 11.8 Å². The van der Waals surface area contributed by atoms with Crippen molar-refractivity contribution in [1.82, 2.24) is 14.9 Å². The summed E-state index contributed by atoms with van der Waals surface area (Å²) in [6.45, 7) is 0. The molecule has 29 heavy (non-hydrogen) atoms. The molecule has 0 spiro atoms. The molecule has 4 rings (SSSR count). The zero-order valence-corrected chi connectivity index (χ0v) is 17.9. The van der Waals surface area contributed by atoms with Gasteiger partial charge in [0, 0.05) is 12.1 Å². The molecular formula is C23H31N3O2S. The van der Waals surface area contributed by atoms with E-state index >= 15 is 0 Å². The fourth-order valence-electron chi connectivity index (χ4n) is 4.71. The Morgan fingerprint density at radius 2 is 1.66 bits per heavy atom. The van der Waals surface area contributed by atoms with Gasteiger partial charge in [-0.2, -0.15) is 0 Å². The van der Waals surface area contributed by atoms with E-state index in [1.54, 1.807) is 0 Å². The number of carbonyl (C=O) groups is 1. The summed E-state index contributed by atoms with van der Waals surface area (Å²) in [5, 5.41) is 4.58. The number of amides is 1. The summed E-state index contributed by atoms with van der Waals surface area (Å²) in [6, 6.07) is 8.03. The molecule has 156 valence electrons. The molecule has 2 fully saturated rings. The van der Waals surface area contributed by atoms with Gasteiger partial charge >= 0.3 is 0 Å². The highest BCUT2D eigenvalue weighted by Gasteiger charge is 2.23. The lowest BCUT2D eigenvalue weighted by atomic mass is 9.97. The van der Waals surface area contributed by atoms with Gasteiger partial charge in [0.15, 0.2) is 5.16 Å². The van der Waals surface area contributed by atoms with E-state index in [9.17, 15) is 9.59 Å². The van der Waals surface area contributed by atoms with Crippen LogP contribution in [0.4, 0.5) is 0 Å². The highest BCUT2D eigenvalue weighted by molar-refractivity contribution is 7.99. The number of aromatic nitrogens is 2. The normalized spacial score (nSPS) is 19.2. The first-order chi connectivity index (χ1) is 14.2. The molecule has 0 bridgehead atoms. The number of para-hydroxylation sites is 1. The van der Waals surface area contributed by atoms with Gasteiger partial charge in [-0.05, 0) is 37.8 Å². The topological polar surface area (TPSA) is 64.0 Å². The Morgan fingerprint density at radius 3 is 2.41 bits per heavy atom. The number of thioether (sulfide) groups is 1. The molecule has 5 nitrogen and oxygen atoms in total. The smallest absolute Gasteiger partial charge is 0.262 e. The van der Waals surface area contributed by atoms with E-state index < -0.39 is 0 Å². The summed E-state index contributed by atoms with van der Waals surface area (Å²) in [5.41, 5.74) is 0.750. The summed E-state index contributed by atoms with van der Waals surface area (Å²) >= 11 is 1.41. The molecule has 0 radical (unpaired) electrons. The predicted octanol–water partition coefficient (Wildman–Crippen LogP) is 4.83. The highest BCUT2D eigenvalue weighted by Crippen LogP contribution is 2.32. The van der Waals surface area contributed by atoms with Crippen molar-refractivity contribution in [3.63, 3.8) is 0 Å². The largest absolute Gasteiger partial charge is 0.353 e. The predicted molar refractivity (Wildman–Crippen MR) is 118 cm³/mol. The van der Waals surface area contributed by atoms with Crippen molar-refractivity contribution in [1.29, 1.82) is 0 Å². The molecule has 1 aromatic carbocycles. The minimum atomic E-state index is 0.0328. The molecule has 0 saturated heterocycles. The Morgan fingerprint density at radius 1 is 1.00 bits per heavy atom. The molecule has 1 aromatic heterocycles. The summed E-state index contributed by atoms with van der Waals surface area (Å²) in [5.74, 6) is 0.370. The molecule has 0 aliphatic heterocycles. The third-order valence-electron chi connectivity index (χ3n) is 6.27. The zero-order valence-electron chi connectivity index (χ0n) is 17.1. The minimum absolute atomic E-state index is 0.0328. The lowest BCUT2D eigenvalue weighted by Crippen LogP contribution is -2.36. The molecule has 0 atom stereocenters. The van der Waals surface area contributed by atoms with E-state index in [2.05, 4.69) is 5.32 Å². The van der Waals surface area contributed by atoms with Crippen molar-refractivity contribution < 1.29 is 4.79 Å². The van der Waals surface area contributed by atoms with E-state index in [1.807, 2.05) is 28.8 Å². The number of fused-ring (bicyclic) bond motifs is 1. The van der Waals surface area contributed by atoms with Crippen molar-refractivity contribution in [3.8, 4) is 0 Å². The van der Waals surface area contributed by atoms with Crippen LogP contribution in [0.25, 0.3) is 10.9 Å². The van der Waals surface area contributed by atoms with Gasteiger partial charge in [-0.25, -0.2) is 4.98 Å².